The highest BCUT2D eigenvalue weighted by molar-refractivity contribution is 6.13. The van der Waals surface area contributed by atoms with Gasteiger partial charge in [-0.2, -0.15) is 36.9 Å². The maximum absolute atomic E-state index is 13.7. The average Bonchev–Trinajstić information content (AvgIpc) is 3.87. The number of alkyl halides is 6. The van der Waals surface area contributed by atoms with Crippen LogP contribution < -0.4 is 0 Å². The number of hydrogen-bond donors (Lipinski definition) is 0. The Balaban J connectivity index is 1.17. The maximum atomic E-state index is 13.7. The zero-order valence-corrected chi connectivity index (χ0v) is 38.3. The van der Waals surface area contributed by atoms with Gasteiger partial charge in [-0.25, -0.2) is 0 Å². The topological polar surface area (TPSA) is 57.4 Å². The smallest absolute Gasteiger partial charge is 0.309 e. The molecule has 2 heterocycles. The number of hydrogen-bond acceptors (Lipinski definition) is 2. The summed E-state index contributed by atoms with van der Waals surface area (Å²) in [6, 6.07) is 57.5. The molecule has 0 aliphatic carbocycles. The monoisotopic (exact) mass is 940 g/mol. The molecule has 0 amide bonds. The van der Waals surface area contributed by atoms with Gasteiger partial charge in [0.05, 0.1) is 67.8 Å². The summed E-state index contributed by atoms with van der Waals surface area (Å²) in [5.74, 6) is 0. The average molecular weight is 941 g/mol. The number of rotatable bonds is 6. The summed E-state index contributed by atoms with van der Waals surface area (Å²) in [4.78, 5) is 0. The van der Waals surface area contributed by atoms with E-state index in [2.05, 4.69) is 33.4 Å². The molecule has 4 nitrogen and oxygen atoms in total. The van der Waals surface area contributed by atoms with Gasteiger partial charge >= 0.3 is 12.4 Å². The second-order valence-electron chi connectivity index (χ2n) is 17.9. The summed E-state index contributed by atoms with van der Waals surface area (Å²) in [5.41, 5.74) is 12.7. The van der Waals surface area contributed by atoms with E-state index in [1.54, 1.807) is 26.0 Å². The normalized spacial score (nSPS) is 12.0. The highest BCUT2D eigenvalue weighted by Gasteiger charge is 2.32. The van der Waals surface area contributed by atoms with Gasteiger partial charge in [0.2, 0.25) is 0 Å². The fourth-order valence-corrected chi connectivity index (χ4v) is 10.3. The van der Waals surface area contributed by atoms with E-state index in [1.807, 2.05) is 122 Å². The van der Waals surface area contributed by atoms with E-state index in [0.717, 1.165) is 106 Å². The maximum Gasteiger partial charge on any atom is 0.416 e. The van der Waals surface area contributed by atoms with Gasteiger partial charge in [-0.15, -0.1) is 0 Å². The Labute approximate surface area is 404 Å². The van der Waals surface area contributed by atoms with Gasteiger partial charge in [0.1, 0.15) is 0 Å². The number of para-hydroxylation sites is 2. The summed E-state index contributed by atoms with van der Waals surface area (Å²) in [7, 11) is 0. The van der Waals surface area contributed by atoms with Crippen LogP contribution in [-0.2, 0) is 12.4 Å². The molecule has 344 valence electrons. The molecule has 0 atom stereocenters. The predicted octanol–water partition coefficient (Wildman–Crippen LogP) is 17.3. The lowest BCUT2D eigenvalue weighted by Crippen LogP contribution is -2.05. The number of nitrogens with zero attached hydrogens (tertiary/aromatic N) is 4. The second-order valence-corrected chi connectivity index (χ2v) is 17.9. The number of fused-ring (bicyclic) bond motifs is 6. The van der Waals surface area contributed by atoms with Crippen LogP contribution >= 0.6 is 0 Å². The summed E-state index contributed by atoms with van der Waals surface area (Å²) >= 11 is 0. The third kappa shape index (κ3) is 7.56. The molecule has 10 heteroatoms. The Hall–Kier alpha value is -8.86. The summed E-state index contributed by atoms with van der Waals surface area (Å²) in [5, 5.41) is 23.9. The van der Waals surface area contributed by atoms with E-state index in [9.17, 15) is 36.9 Å². The molecule has 0 saturated carbocycles. The van der Waals surface area contributed by atoms with Gasteiger partial charge in [-0.05, 0) is 174 Å². The minimum atomic E-state index is -4.47. The third-order valence-electron chi connectivity index (χ3n) is 13.6. The van der Waals surface area contributed by atoms with Crippen molar-refractivity contribution in [2.75, 3.05) is 0 Å². The molecule has 0 fully saturated rings. The van der Waals surface area contributed by atoms with E-state index in [0.29, 0.717) is 33.4 Å². The zero-order valence-electron chi connectivity index (χ0n) is 38.3. The van der Waals surface area contributed by atoms with Crippen molar-refractivity contribution in [2.45, 2.75) is 33.1 Å². The largest absolute Gasteiger partial charge is 0.416 e. The first-order valence-electron chi connectivity index (χ1n) is 22.7. The summed E-state index contributed by atoms with van der Waals surface area (Å²) in [6.45, 7) is 5.33. The van der Waals surface area contributed by atoms with Gasteiger partial charge in [0, 0.05) is 32.7 Å². The Kier molecular flexibility index (Phi) is 10.5. The Morgan fingerprint density at radius 1 is 0.352 bits per heavy atom. The lowest BCUT2D eigenvalue weighted by atomic mass is 9.92. The van der Waals surface area contributed by atoms with Crippen LogP contribution in [0.3, 0.4) is 0 Å². The molecule has 0 aliphatic rings. The van der Waals surface area contributed by atoms with E-state index in [4.69, 9.17) is 0 Å². The molecule has 0 saturated heterocycles. The Morgan fingerprint density at radius 3 is 1.20 bits per heavy atom. The second kappa shape index (κ2) is 16.7. The number of benzene rings is 9. The van der Waals surface area contributed by atoms with Gasteiger partial charge in [-0.1, -0.05) is 72.8 Å². The fourth-order valence-electron chi connectivity index (χ4n) is 10.3. The lowest BCUT2D eigenvalue weighted by molar-refractivity contribution is -0.138. The molecule has 0 bridgehead atoms. The zero-order chi connectivity index (χ0) is 49.5. The van der Waals surface area contributed by atoms with Crippen LogP contribution in [0.5, 0.6) is 0 Å². The van der Waals surface area contributed by atoms with Crippen molar-refractivity contribution in [2.24, 2.45) is 0 Å². The van der Waals surface area contributed by atoms with Crippen molar-refractivity contribution in [3.05, 3.63) is 215 Å². The van der Waals surface area contributed by atoms with Gasteiger partial charge < -0.3 is 9.13 Å². The molecule has 0 spiro atoms. The van der Waals surface area contributed by atoms with E-state index < -0.39 is 23.5 Å². The minimum absolute atomic E-state index is 0.425. The number of halogens is 6. The van der Waals surface area contributed by atoms with Crippen LogP contribution in [0.25, 0.3) is 99.5 Å². The van der Waals surface area contributed by atoms with Crippen LogP contribution in [0.15, 0.2) is 176 Å². The number of aryl methyl sites for hydroxylation is 3. The number of aromatic nitrogens is 2. The molecule has 71 heavy (non-hydrogen) atoms. The SMILES string of the molecule is Cc1cc(C#N)ccc1-c1ccc(-n2c3ccccc3c3cc(-c4ccc(C(F)(F)F)cc4C)ccc32)c(-c2cc(C#N)ccc2-n2c3ccccc3c3cc(-c4ccc(C(F)(F)F)cc4C)ccc32)c1. The quantitative estimate of drug-likeness (QED) is 0.156. The highest BCUT2D eigenvalue weighted by atomic mass is 19.4. The van der Waals surface area contributed by atoms with Crippen molar-refractivity contribution < 1.29 is 26.3 Å². The standard InChI is InChI=1S/C61H38F6N4/c1-35-26-38(33-68)12-19-45(35)42-16-25-59(71-55-11-7-5-9-49(55)52-31-41(15-24-58(52)71)47-21-18-44(28-37(47)3)61(65,66)67)53(32-42)50-29-39(34-69)13-22-56(50)70-54-10-6-4-8-48(54)51-30-40(14-23-57(51)70)46-20-17-43(27-36(46)2)60(62,63)64/h4-32H,1-3H3. The molecule has 2 aromatic heterocycles. The summed E-state index contributed by atoms with van der Waals surface area (Å²) in [6.07, 6.45) is -8.94. The molecule has 0 N–H and O–H groups in total. The van der Waals surface area contributed by atoms with Crippen molar-refractivity contribution in [1.82, 2.24) is 9.13 Å². The lowest BCUT2D eigenvalue weighted by Gasteiger charge is -2.20. The number of nitriles is 2. The van der Waals surface area contributed by atoms with Crippen molar-refractivity contribution in [1.29, 1.82) is 10.5 Å². The first-order chi connectivity index (χ1) is 34.1. The Morgan fingerprint density at radius 2 is 0.732 bits per heavy atom. The minimum Gasteiger partial charge on any atom is -0.309 e. The first kappa shape index (κ1) is 44.6. The molecule has 0 aliphatic heterocycles. The third-order valence-corrected chi connectivity index (χ3v) is 13.6. The van der Waals surface area contributed by atoms with Crippen LogP contribution in [0.2, 0.25) is 0 Å². The van der Waals surface area contributed by atoms with Crippen LogP contribution in [0, 0.1) is 43.4 Å². The van der Waals surface area contributed by atoms with E-state index >= 15 is 0 Å². The van der Waals surface area contributed by atoms with E-state index in [1.165, 1.54) is 24.3 Å². The van der Waals surface area contributed by atoms with Crippen LogP contribution in [0.1, 0.15) is 38.9 Å². The predicted molar refractivity (Wildman–Crippen MR) is 271 cm³/mol. The molecule has 0 unspecified atom stereocenters. The highest BCUT2D eigenvalue weighted by Crippen LogP contribution is 2.45. The molecular formula is C61H38F6N4. The van der Waals surface area contributed by atoms with Crippen LogP contribution in [-0.4, -0.2) is 9.13 Å². The molecule has 9 aromatic carbocycles. The molecule has 0 radical (unpaired) electrons. The van der Waals surface area contributed by atoms with Gasteiger partial charge in [0.25, 0.3) is 0 Å². The van der Waals surface area contributed by atoms with E-state index in [-0.39, 0.29) is 0 Å². The van der Waals surface area contributed by atoms with Gasteiger partial charge in [0.15, 0.2) is 0 Å². The van der Waals surface area contributed by atoms with Crippen molar-refractivity contribution in [3.63, 3.8) is 0 Å². The van der Waals surface area contributed by atoms with Crippen LogP contribution in [0.4, 0.5) is 26.3 Å². The van der Waals surface area contributed by atoms with Gasteiger partial charge in [-0.3, -0.25) is 0 Å². The van der Waals surface area contributed by atoms with Crippen molar-refractivity contribution >= 4 is 43.6 Å². The molecular weight excluding hydrogens is 903 g/mol. The summed E-state index contributed by atoms with van der Waals surface area (Å²) < 4.78 is 86.7. The molecule has 11 aromatic rings. The fraction of sp³-hybridized carbons (Fsp3) is 0.0820. The Bertz CT molecular complexity index is 4100. The first-order valence-corrected chi connectivity index (χ1v) is 22.7. The van der Waals surface area contributed by atoms with Crippen molar-refractivity contribution in [3.8, 4) is 68.0 Å². The molecule has 11 rings (SSSR count).